The molecule has 2 unspecified atom stereocenters. The van der Waals surface area contributed by atoms with Crippen molar-refractivity contribution in [2.75, 3.05) is 6.54 Å². The predicted octanol–water partition coefficient (Wildman–Crippen LogP) is 0.825. The highest BCUT2D eigenvalue weighted by Crippen LogP contribution is 2.24. The lowest BCUT2D eigenvalue weighted by Gasteiger charge is -2.38. The molecule has 5 heteroatoms. The van der Waals surface area contributed by atoms with Gasteiger partial charge in [0.05, 0.1) is 6.04 Å². The zero-order valence-corrected chi connectivity index (χ0v) is 10.6. The molecule has 1 aliphatic heterocycles. The molecule has 1 heterocycles. The van der Waals surface area contributed by atoms with Gasteiger partial charge in [0.2, 0.25) is 5.91 Å². The van der Waals surface area contributed by atoms with Crippen molar-refractivity contribution < 1.29 is 14.7 Å². The summed E-state index contributed by atoms with van der Waals surface area (Å²) in [4.78, 5) is 24.8. The molecule has 3 N–H and O–H groups in total. The predicted molar refractivity (Wildman–Crippen MR) is 64.4 cm³/mol. The van der Waals surface area contributed by atoms with Gasteiger partial charge < -0.3 is 15.7 Å². The van der Waals surface area contributed by atoms with Crippen molar-refractivity contribution in [1.82, 2.24) is 4.90 Å². The van der Waals surface area contributed by atoms with Gasteiger partial charge in [-0.3, -0.25) is 4.79 Å². The summed E-state index contributed by atoms with van der Waals surface area (Å²) in [6.07, 6.45) is 3.14. The molecule has 0 saturated carbocycles. The van der Waals surface area contributed by atoms with Gasteiger partial charge in [-0.05, 0) is 25.2 Å². The minimum Gasteiger partial charge on any atom is -0.480 e. The monoisotopic (exact) mass is 242 g/mol. The average Bonchev–Trinajstić information content (AvgIpc) is 2.27. The fraction of sp³-hybridized carbons (Fsp3) is 0.833. The molecule has 98 valence electrons. The van der Waals surface area contributed by atoms with Crippen LogP contribution in [0.1, 0.15) is 39.5 Å². The first kappa shape index (κ1) is 14.0. The van der Waals surface area contributed by atoms with E-state index in [9.17, 15) is 14.7 Å². The number of amides is 1. The van der Waals surface area contributed by atoms with Gasteiger partial charge in [0.25, 0.3) is 0 Å². The second-order valence-corrected chi connectivity index (χ2v) is 4.83. The smallest absolute Gasteiger partial charge is 0.326 e. The number of aliphatic carboxylic acids is 1. The van der Waals surface area contributed by atoms with Gasteiger partial charge in [-0.25, -0.2) is 4.79 Å². The largest absolute Gasteiger partial charge is 0.480 e. The number of hydrogen-bond donors (Lipinski definition) is 2. The van der Waals surface area contributed by atoms with Crippen LogP contribution in [0.5, 0.6) is 0 Å². The van der Waals surface area contributed by atoms with E-state index in [0.29, 0.717) is 13.0 Å². The Labute approximate surface area is 102 Å². The third kappa shape index (κ3) is 3.19. The van der Waals surface area contributed by atoms with Crippen molar-refractivity contribution in [3.05, 3.63) is 0 Å². The number of carbonyl (C=O) groups is 2. The molecule has 1 amide bonds. The topological polar surface area (TPSA) is 83.6 Å². The number of carboxylic acid groups (broad SMARTS) is 1. The first-order valence-corrected chi connectivity index (χ1v) is 6.27. The van der Waals surface area contributed by atoms with Crippen LogP contribution in [0.2, 0.25) is 0 Å². The molecule has 1 saturated heterocycles. The summed E-state index contributed by atoms with van der Waals surface area (Å²) in [5.74, 6) is -1.14. The summed E-state index contributed by atoms with van der Waals surface area (Å²) in [5.41, 5.74) is 5.78. The van der Waals surface area contributed by atoms with Gasteiger partial charge in [0.1, 0.15) is 6.04 Å². The molecule has 17 heavy (non-hydrogen) atoms. The third-order valence-electron chi connectivity index (χ3n) is 3.39. The van der Waals surface area contributed by atoms with Crippen LogP contribution >= 0.6 is 0 Å². The molecule has 0 radical (unpaired) electrons. The summed E-state index contributed by atoms with van der Waals surface area (Å²) in [5, 5.41) is 9.20. The van der Waals surface area contributed by atoms with Gasteiger partial charge in [-0.2, -0.15) is 0 Å². The molecule has 3 atom stereocenters. The molecule has 0 bridgehead atoms. The summed E-state index contributed by atoms with van der Waals surface area (Å²) in [6, 6.07) is -1.27. The fourth-order valence-corrected chi connectivity index (χ4v) is 2.46. The Balaban J connectivity index is 2.78. The number of hydrogen-bond acceptors (Lipinski definition) is 3. The van der Waals surface area contributed by atoms with Crippen LogP contribution in [0.25, 0.3) is 0 Å². The van der Waals surface area contributed by atoms with E-state index >= 15 is 0 Å². The lowest BCUT2D eigenvalue weighted by Crippen LogP contribution is -2.56. The SMILES string of the molecule is CCC[C@@H](N)C(=O)N1CCCC(C)C1C(=O)O. The number of rotatable bonds is 4. The van der Waals surface area contributed by atoms with Crippen LogP contribution in [0.4, 0.5) is 0 Å². The molecule has 0 aromatic rings. The Bertz CT molecular complexity index is 293. The van der Waals surface area contributed by atoms with E-state index < -0.39 is 18.1 Å². The summed E-state index contributed by atoms with van der Waals surface area (Å²) < 4.78 is 0. The second kappa shape index (κ2) is 6.00. The van der Waals surface area contributed by atoms with Crippen LogP contribution in [0.3, 0.4) is 0 Å². The number of nitrogens with two attached hydrogens (primary N) is 1. The first-order chi connectivity index (χ1) is 7.99. The molecule has 5 nitrogen and oxygen atoms in total. The van der Waals surface area contributed by atoms with Crippen molar-refractivity contribution in [1.29, 1.82) is 0 Å². The van der Waals surface area contributed by atoms with E-state index in [-0.39, 0.29) is 11.8 Å². The maximum absolute atomic E-state index is 12.1. The van der Waals surface area contributed by atoms with E-state index in [1.54, 1.807) is 0 Å². The van der Waals surface area contributed by atoms with E-state index in [4.69, 9.17) is 5.73 Å². The Kier molecular flexibility index (Phi) is 4.93. The quantitative estimate of drug-likeness (QED) is 0.764. The third-order valence-corrected chi connectivity index (χ3v) is 3.39. The highest BCUT2D eigenvalue weighted by atomic mass is 16.4. The maximum atomic E-state index is 12.1. The van der Waals surface area contributed by atoms with Crippen molar-refractivity contribution in [3.8, 4) is 0 Å². The normalized spacial score (nSPS) is 26.6. The van der Waals surface area contributed by atoms with E-state index in [1.165, 1.54) is 4.90 Å². The van der Waals surface area contributed by atoms with Gasteiger partial charge in [-0.1, -0.05) is 20.3 Å². The molecule has 1 aliphatic rings. The standard InChI is InChI=1S/C12H22N2O3/c1-3-5-9(13)11(15)14-7-4-6-8(2)10(14)12(16)17/h8-10H,3-7,13H2,1-2H3,(H,16,17)/t8?,9-,10?/m1/s1. The Morgan fingerprint density at radius 1 is 1.53 bits per heavy atom. The molecule has 0 aliphatic carbocycles. The number of nitrogens with zero attached hydrogens (tertiary/aromatic N) is 1. The zero-order chi connectivity index (χ0) is 13.0. The van der Waals surface area contributed by atoms with Gasteiger partial charge in [0.15, 0.2) is 0 Å². The minimum absolute atomic E-state index is 0.000901. The lowest BCUT2D eigenvalue weighted by atomic mass is 9.90. The highest BCUT2D eigenvalue weighted by Gasteiger charge is 2.38. The number of carboxylic acids is 1. The molecule has 1 rings (SSSR count). The Morgan fingerprint density at radius 3 is 2.71 bits per heavy atom. The molecule has 1 fully saturated rings. The van der Waals surface area contributed by atoms with Crippen LogP contribution in [-0.4, -0.2) is 40.5 Å². The average molecular weight is 242 g/mol. The Hall–Kier alpha value is -1.10. The van der Waals surface area contributed by atoms with Crippen molar-refractivity contribution in [2.45, 2.75) is 51.6 Å². The molecule has 0 aromatic heterocycles. The fourth-order valence-electron chi connectivity index (χ4n) is 2.46. The molecular weight excluding hydrogens is 220 g/mol. The summed E-state index contributed by atoms with van der Waals surface area (Å²) >= 11 is 0. The second-order valence-electron chi connectivity index (χ2n) is 4.83. The number of carbonyl (C=O) groups excluding carboxylic acids is 1. The van der Waals surface area contributed by atoms with Crippen LogP contribution in [0.15, 0.2) is 0 Å². The van der Waals surface area contributed by atoms with Gasteiger partial charge in [-0.15, -0.1) is 0 Å². The van der Waals surface area contributed by atoms with Crippen molar-refractivity contribution >= 4 is 11.9 Å². The van der Waals surface area contributed by atoms with Gasteiger partial charge in [0, 0.05) is 6.54 Å². The van der Waals surface area contributed by atoms with Crippen LogP contribution in [-0.2, 0) is 9.59 Å². The first-order valence-electron chi connectivity index (χ1n) is 6.27. The number of likely N-dealkylation sites (tertiary alicyclic amines) is 1. The van der Waals surface area contributed by atoms with Crippen LogP contribution < -0.4 is 5.73 Å². The van der Waals surface area contributed by atoms with E-state index in [1.807, 2.05) is 13.8 Å². The lowest BCUT2D eigenvalue weighted by molar-refractivity contribution is -0.155. The van der Waals surface area contributed by atoms with E-state index in [0.717, 1.165) is 19.3 Å². The Morgan fingerprint density at radius 2 is 2.18 bits per heavy atom. The highest BCUT2D eigenvalue weighted by molar-refractivity contribution is 5.87. The maximum Gasteiger partial charge on any atom is 0.326 e. The minimum atomic E-state index is -0.922. The molecule has 0 spiro atoms. The van der Waals surface area contributed by atoms with Crippen molar-refractivity contribution in [3.63, 3.8) is 0 Å². The van der Waals surface area contributed by atoms with Gasteiger partial charge >= 0.3 is 5.97 Å². The summed E-state index contributed by atoms with van der Waals surface area (Å²) in [6.45, 7) is 4.35. The molecule has 0 aromatic carbocycles. The molecular formula is C12H22N2O3. The summed E-state index contributed by atoms with van der Waals surface area (Å²) in [7, 11) is 0. The van der Waals surface area contributed by atoms with Crippen LogP contribution in [0, 0.1) is 5.92 Å². The van der Waals surface area contributed by atoms with E-state index in [2.05, 4.69) is 0 Å². The number of piperidine rings is 1. The van der Waals surface area contributed by atoms with Crippen molar-refractivity contribution in [2.24, 2.45) is 11.7 Å². The zero-order valence-electron chi connectivity index (χ0n) is 10.6.